The molecule has 1 aromatic rings. The van der Waals surface area contributed by atoms with Crippen LogP contribution in [0.3, 0.4) is 0 Å². The van der Waals surface area contributed by atoms with Crippen molar-refractivity contribution in [3.05, 3.63) is 29.8 Å². The molecule has 0 saturated heterocycles. The molecular weight excluding hydrogens is 192 g/mol. The van der Waals surface area contributed by atoms with E-state index >= 15 is 0 Å². The first-order valence-electron chi connectivity index (χ1n) is 5.16. The minimum atomic E-state index is 0.0414. The number of aliphatic hydroxyl groups excluding tert-OH is 1. The molecule has 0 aliphatic rings. The lowest BCUT2D eigenvalue weighted by atomic mass is 10.2. The Morgan fingerprint density at radius 3 is 2.73 bits per heavy atom. The van der Waals surface area contributed by atoms with Crippen LogP contribution >= 0.6 is 0 Å². The zero-order valence-corrected chi connectivity index (χ0v) is 9.27. The summed E-state index contributed by atoms with van der Waals surface area (Å²) in [5.74, 6) is 0.772. The number of rotatable bonds is 6. The maximum atomic E-state index is 8.93. The highest BCUT2D eigenvalue weighted by Crippen LogP contribution is 2.12. The SMILES string of the molecule is CC(C)OCCOc1cccc(CO)c1. The van der Waals surface area contributed by atoms with Gasteiger partial charge in [0.1, 0.15) is 12.4 Å². The number of benzene rings is 1. The van der Waals surface area contributed by atoms with E-state index in [1.54, 1.807) is 0 Å². The standard InChI is InChI=1S/C12H18O3/c1-10(2)14-6-7-15-12-5-3-4-11(8-12)9-13/h3-5,8,10,13H,6-7,9H2,1-2H3. The van der Waals surface area contributed by atoms with E-state index in [0.717, 1.165) is 11.3 Å². The molecule has 0 aliphatic heterocycles. The molecule has 1 aromatic carbocycles. The van der Waals surface area contributed by atoms with Crippen molar-refractivity contribution in [3.8, 4) is 5.75 Å². The lowest BCUT2D eigenvalue weighted by Gasteiger charge is -2.09. The molecule has 3 heteroatoms. The first-order valence-corrected chi connectivity index (χ1v) is 5.16. The van der Waals surface area contributed by atoms with E-state index in [4.69, 9.17) is 14.6 Å². The van der Waals surface area contributed by atoms with Crippen LogP contribution in [0.2, 0.25) is 0 Å². The van der Waals surface area contributed by atoms with Crippen molar-refractivity contribution in [2.24, 2.45) is 0 Å². The monoisotopic (exact) mass is 210 g/mol. The van der Waals surface area contributed by atoms with Crippen molar-refractivity contribution in [2.45, 2.75) is 26.6 Å². The average Bonchev–Trinajstić information content (AvgIpc) is 2.24. The van der Waals surface area contributed by atoms with Crippen LogP contribution in [0.1, 0.15) is 19.4 Å². The van der Waals surface area contributed by atoms with Crippen LogP contribution in [-0.4, -0.2) is 24.4 Å². The van der Waals surface area contributed by atoms with Crippen LogP contribution < -0.4 is 4.74 Å². The smallest absolute Gasteiger partial charge is 0.119 e. The summed E-state index contributed by atoms with van der Waals surface area (Å²) < 4.78 is 10.8. The highest BCUT2D eigenvalue weighted by Gasteiger charge is 1.97. The van der Waals surface area contributed by atoms with Crippen LogP contribution in [0, 0.1) is 0 Å². The molecule has 84 valence electrons. The van der Waals surface area contributed by atoms with Gasteiger partial charge >= 0.3 is 0 Å². The van der Waals surface area contributed by atoms with Gasteiger partial charge in [-0.15, -0.1) is 0 Å². The van der Waals surface area contributed by atoms with E-state index in [-0.39, 0.29) is 12.7 Å². The molecule has 0 heterocycles. The minimum Gasteiger partial charge on any atom is -0.491 e. The molecule has 1 rings (SSSR count). The molecule has 0 unspecified atom stereocenters. The third-order valence-electron chi connectivity index (χ3n) is 1.88. The number of aliphatic hydroxyl groups is 1. The first-order chi connectivity index (χ1) is 7.22. The van der Waals surface area contributed by atoms with Crippen molar-refractivity contribution in [1.82, 2.24) is 0 Å². The summed E-state index contributed by atoms with van der Waals surface area (Å²) in [6, 6.07) is 7.42. The fraction of sp³-hybridized carbons (Fsp3) is 0.500. The summed E-state index contributed by atoms with van der Waals surface area (Å²) in [4.78, 5) is 0. The molecule has 0 aliphatic carbocycles. The second-order valence-electron chi connectivity index (χ2n) is 3.57. The van der Waals surface area contributed by atoms with Gasteiger partial charge in [0, 0.05) is 0 Å². The predicted octanol–water partition coefficient (Wildman–Crippen LogP) is 1.98. The highest BCUT2D eigenvalue weighted by molar-refractivity contribution is 5.27. The normalized spacial score (nSPS) is 10.7. The van der Waals surface area contributed by atoms with Crippen LogP contribution in [0.15, 0.2) is 24.3 Å². The largest absolute Gasteiger partial charge is 0.491 e. The fourth-order valence-corrected chi connectivity index (χ4v) is 1.18. The second kappa shape index (κ2) is 6.43. The zero-order valence-electron chi connectivity index (χ0n) is 9.27. The molecule has 0 saturated carbocycles. The van der Waals surface area contributed by atoms with Crippen molar-refractivity contribution in [2.75, 3.05) is 13.2 Å². The number of hydrogen-bond acceptors (Lipinski definition) is 3. The Morgan fingerprint density at radius 1 is 1.27 bits per heavy atom. The summed E-state index contributed by atoms with van der Waals surface area (Å²) in [6.45, 7) is 5.15. The Kier molecular flexibility index (Phi) is 5.15. The quantitative estimate of drug-likeness (QED) is 0.730. The third kappa shape index (κ3) is 4.81. The van der Waals surface area contributed by atoms with Gasteiger partial charge in [-0.1, -0.05) is 12.1 Å². The van der Waals surface area contributed by atoms with Crippen LogP contribution in [0.4, 0.5) is 0 Å². The van der Waals surface area contributed by atoms with E-state index in [2.05, 4.69) is 0 Å². The third-order valence-corrected chi connectivity index (χ3v) is 1.88. The van der Waals surface area contributed by atoms with E-state index in [0.29, 0.717) is 13.2 Å². The minimum absolute atomic E-state index is 0.0414. The summed E-state index contributed by atoms with van der Waals surface area (Å²) in [6.07, 6.45) is 0.234. The van der Waals surface area contributed by atoms with Crippen LogP contribution in [0.25, 0.3) is 0 Å². The van der Waals surface area contributed by atoms with Gasteiger partial charge < -0.3 is 14.6 Å². The molecule has 0 atom stereocenters. The van der Waals surface area contributed by atoms with Gasteiger partial charge in [0.05, 0.1) is 19.3 Å². The topological polar surface area (TPSA) is 38.7 Å². The summed E-state index contributed by atoms with van der Waals surface area (Å²) in [5.41, 5.74) is 0.859. The van der Waals surface area contributed by atoms with E-state index < -0.39 is 0 Å². The first kappa shape index (κ1) is 12.0. The van der Waals surface area contributed by atoms with Crippen molar-refractivity contribution in [3.63, 3.8) is 0 Å². The lowest BCUT2D eigenvalue weighted by Crippen LogP contribution is -2.11. The predicted molar refractivity (Wildman–Crippen MR) is 58.9 cm³/mol. The molecule has 15 heavy (non-hydrogen) atoms. The Labute approximate surface area is 90.6 Å². The average molecular weight is 210 g/mol. The Bertz CT molecular complexity index is 284. The molecule has 0 bridgehead atoms. The maximum Gasteiger partial charge on any atom is 0.119 e. The Balaban J connectivity index is 2.30. The zero-order chi connectivity index (χ0) is 11.1. The summed E-state index contributed by atoms with van der Waals surface area (Å²) in [5, 5.41) is 8.93. The summed E-state index contributed by atoms with van der Waals surface area (Å²) >= 11 is 0. The van der Waals surface area contributed by atoms with Crippen LogP contribution in [-0.2, 0) is 11.3 Å². The number of ether oxygens (including phenoxy) is 2. The molecule has 0 aromatic heterocycles. The van der Waals surface area contributed by atoms with Crippen molar-refractivity contribution < 1.29 is 14.6 Å². The Hall–Kier alpha value is -1.06. The maximum absolute atomic E-state index is 8.93. The van der Waals surface area contributed by atoms with Gasteiger partial charge in [-0.25, -0.2) is 0 Å². The second-order valence-corrected chi connectivity index (χ2v) is 3.57. The summed E-state index contributed by atoms with van der Waals surface area (Å²) in [7, 11) is 0. The van der Waals surface area contributed by atoms with Gasteiger partial charge in [-0.05, 0) is 31.5 Å². The molecule has 3 nitrogen and oxygen atoms in total. The molecule has 0 fully saturated rings. The van der Waals surface area contributed by atoms with Gasteiger partial charge in [0.15, 0.2) is 0 Å². The van der Waals surface area contributed by atoms with Gasteiger partial charge in [-0.3, -0.25) is 0 Å². The molecular formula is C12H18O3. The van der Waals surface area contributed by atoms with E-state index in [1.165, 1.54) is 0 Å². The van der Waals surface area contributed by atoms with Crippen LogP contribution in [0.5, 0.6) is 5.75 Å². The Morgan fingerprint density at radius 2 is 2.07 bits per heavy atom. The number of hydrogen-bond donors (Lipinski definition) is 1. The van der Waals surface area contributed by atoms with Gasteiger partial charge in [0.25, 0.3) is 0 Å². The molecule has 0 radical (unpaired) electrons. The van der Waals surface area contributed by atoms with Crippen molar-refractivity contribution in [1.29, 1.82) is 0 Å². The molecule has 0 amide bonds. The van der Waals surface area contributed by atoms with E-state index in [9.17, 15) is 0 Å². The molecule has 0 spiro atoms. The van der Waals surface area contributed by atoms with E-state index in [1.807, 2.05) is 38.1 Å². The highest BCUT2D eigenvalue weighted by atomic mass is 16.5. The molecule has 1 N–H and O–H groups in total. The van der Waals surface area contributed by atoms with Crippen molar-refractivity contribution >= 4 is 0 Å². The lowest BCUT2D eigenvalue weighted by molar-refractivity contribution is 0.0552. The fourth-order valence-electron chi connectivity index (χ4n) is 1.18. The van der Waals surface area contributed by atoms with Gasteiger partial charge in [0.2, 0.25) is 0 Å². The van der Waals surface area contributed by atoms with Gasteiger partial charge in [-0.2, -0.15) is 0 Å².